The van der Waals surface area contributed by atoms with Gasteiger partial charge in [0.2, 0.25) is 0 Å². The van der Waals surface area contributed by atoms with Gasteiger partial charge in [0.05, 0.1) is 11.9 Å². The number of amides is 1. The third-order valence-corrected chi connectivity index (χ3v) is 5.87. The molecule has 1 aromatic heterocycles. The maximum Gasteiger partial charge on any atom is 0.281 e. The fraction of sp³-hybridized carbons (Fsp3) is 0.643. The first-order chi connectivity index (χ1) is 10.8. The monoisotopic (exact) mass is 341 g/mol. The molecule has 1 fully saturated rings. The Kier molecular flexibility index (Phi) is 5.66. The molecule has 0 radical (unpaired) electrons. The second-order valence-electron chi connectivity index (χ2n) is 5.89. The highest BCUT2D eigenvalue weighted by molar-refractivity contribution is 7.86. The van der Waals surface area contributed by atoms with E-state index in [1.807, 2.05) is 6.92 Å². The maximum absolute atomic E-state index is 12.0. The number of carbonyl (C=O) groups excluding carboxylic acids is 1. The number of nitrogens with one attached hydrogen (secondary N) is 1. The van der Waals surface area contributed by atoms with Crippen molar-refractivity contribution in [2.24, 2.45) is 5.92 Å². The quantitative estimate of drug-likeness (QED) is 0.815. The van der Waals surface area contributed by atoms with Crippen molar-refractivity contribution >= 4 is 16.1 Å². The first kappa shape index (κ1) is 17.8. The van der Waals surface area contributed by atoms with Crippen LogP contribution in [0.1, 0.15) is 29.0 Å². The van der Waals surface area contributed by atoms with Crippen LogP contribution in [0.4, 0.5) is 0 Å². The summed E-state index contributed by atoms with van der Waals surface area (Å²) in [5.41, 5.74) is 1.05. The summed E-state index contributed by atoms with van der Waals surface area (Å²) >= 11 is 0. The summed E-state index contributed by atoms with van der Waals surface area (Å²) in [6.45, 7) is 3.28. The number of aromatic nitrogens is 2. The molecule has 1 N–H and O–H groups in total. The normalized spacial score (nSPS) is 17.4. The molecule has 9 heteroatoms. The van der Waals surface area contributed by atoms with Gasteiger partial charge in [-0.1, -0.05) is 0 Å². The first-order valence-electron chi connectivity index (χ1n) is 7.55. The summed E-state index contributed by atoms with van der Waals surface area (Å²) in [5.74, 6) is 0.0202. The molecule has 1 amide bonds. The Morgan fingerprint density at radius 2 is 1.96 bits per heavy atom. The van der Waals surface area contributed by atoms with E-state index in [1.165, 1.54) is 28.9 Å². The van der Waals surface area contributed by atoms with E-state index in [4.69, 9.17) is 0 Å². The highest BCUT2D eigenvalue weighted by Gasteiger charge is 2.29. The van der Waals surface area contributed by atoms with Crippen molar-refractivity contribution in [1.82, 2.24) is 23.9 Å². The van der Waals surface area contributed by atoms with E-state index < -0.39 is 10.2 Å². The van der Waals surface area contributed by atoms with E-state index in [9.17, 15) is 13.2 Å². The van der Waals surface area contributed by atoms with Crippen LogP contribution < -0.4 is 5.32 Å². The molecule has 0 atom stereocenters. The van der Waals surface area contributed by atoms with Crippen LogP contribution in [-0.2, 0) is 10.2 Å². The molecule has 0 saturated carbocycles. The summed E-state index contributed by atoms with van der Waals surface area (Å²) in [6, 6.07) is 0. The van der Waals surface area contributed by atoms with Gasteiger partial charge >= 0.3 is 0 Å². The zero-order valence-electron chi connectivity index (χ0n) is 13.7. The average molecular weight is 341 g/mol. The average Bonchev–Trinajstić information content (AvgIpc) is 2.53. The van der Waals surface area contributed by atoms with Crippen LogP contribution in [-0.4, -0.2) is 66.6 Å². The number of rotatable bonds is 5. The van der Waals surface area contributed by atoms with Crippen LogP contribution in [0, 0.1) is 12.8 Å². The molecule has 0 aromatic carbocycles. The van der Waals surface area contributed by atoms with E-state index in [-0.39, 0.29) is 11.8 Å². The molecule has 0 aliphatic carbocycles. The third-order valence-electron chi connectivity index (χ3n) is 3.93. The van der Waals surface area contributed by atoms with Gasteiger partial charge in [-0.05, 0) is 25.7 Å². The van der Waals surface area contributed by atoms with Crippen LogP contribution in [0.3, 0.4) is 0 Å². The number of nitrogens with zero attached hydrogens (tertiary/aromatic N) is 4. The number of hydrogen-bond donors (Lipinski definition) is 1. The minimum absolute atomic E-state index is 0.249. The Morgan fingerprint density at radius 1 is 1.30 bits per heavy atom. The van der Waals surface area contributed by atoms with E-state index in [0.717, 1.165) is 18.5 Å². The molecule has 0 bridgehead atoms. The van der Waals surface area contributed by atoms with Crippen molar-refractivity contribution in [2.45, 2.75) is 19.8 Å². The van der Waals surface area contributed by atoms with Gasteiger partial charge in [0.25, 0.3) is 16.1 Å². The lowest BCUT2D eigenvalue weighted by molar-refractivity contribution is 0.0936. The Morgan fingerprint density at radius 3 is 2.48 bits per heavy atom. The minimum atomic E-state index is -3.34. The summed E-state index contributed by atoms with van der Waals surface area (Å²) in [5, 5.41) is 2.84. The van der Waals surface area contributed by atoms with E-state index in [2.05, 4.69) is 15.3 Å². The Hall–Kier alpha value is -1.58. The van der Waals surface area contributed by atoms with Crippen LogP contribution in [0.2, 0.25) is 0 Å². The molecule has 1 aliphatic rings. The standard InChI is InChI=1S/C14H23N5O3S/c1-11-8-16-13(10-15-11)14(20)17-9-12-4-6-19(7-5-12)23(21,22)18(2)3/h8,10,12H,4-7,9H2,1-3H3,(H,17,20). The zero-order chi connectivity index (χ0) is 17.0. The SMILES string of the molecule is Cc1cnc(C(=O)NCC2CCN(S(=O)(=O)N(C)C)CC2)cn1. The Bertz CT molecular complexity index is 637. The lowest BCUT2D eigenvalue weighted by atomic mass is 9.98. The molecule has 2 heterocycles. The van der Waals surface area contributed by atoms with E-state index in [1.54, 1.807) is 6.20 Å². The summed E-state index contributed by atoms with van der Waals surface area (Å²) in [4.78, 5) is 20.1. The molecule has 0 unspecified atom stereocenters. The number of piperidine rings is 1. The number of hydrogen-bond acceptors (Lipinski definition) is 5. The molecule has 2 rings (SSSR count). The van der Waals surface area contributed by atoms with Crippen molar-refractivity contribution in [1.29, 1.82) is 0 Å². The topological polar surface area (TPSA) is 95.5 Å². The minimum Gasteiger partial charge on any atom is -0.350 e. The molecule has 128 valence electrons. The lowest BCUT2D eigenvalue weighted by Crippen LogP contribution is -2.45. The molecular weight excluding hydrogens is 318 g/mol. The molecule has 1 aliphatic heterocycles. The zero-order valence-corrected chi connectivity index (χ0v) is 14.5. The molecule has 1 aromatic rings. The molecule has 23 heavy (non-hydrogen) atoms. The fourth-order valence-electron chi connectivity index (χ4n) is 2.41. The summed E-state index contributed by atoms with van der Waals surface area (Å²) in [7, 11) is -0.277. The van der Waals surface area contributed by atoms with Gasteiger partial charge in [0.1, 0.15) is 5.69 Å². The summed E-state index contributed by atoms with van der Waals surface area (Å²) < 4.78 is 26.8. The predicted octanol–water partition coefficient (Wildman–Crippen LogP) is 0.0332. The second-order valence-corrected chi connectivity index (χ2v) is 8.03. The first-order valence-corrected chi connectivity index (χ1v) is 8.95. The van der Waals surface area contributed by atoms with Gasteiger partial charge in [-0.3, -0.25) is 9.78 Å². The van der Waals surface area contributed by atoms with Crippen molar-refractivity contribution in [2.75, 3.05) is 33.7 Å². The van der Waals surface area contributed by atoms with Crippen molar-refractivity contribution in [3.63, 3.8) is 0 Å². The van der Waals surface area contributed by atoms with E-state index >= 15 is 0 Å². The van der Waals surface area contributed by atoms with Gasteiger partial charge < -0.3 is 5.32 Å². The van der Waals surface area contributed by atoms with Crippen LogP contribution in [0.25, 0.3) is 0 Å². The maximum atomic E-state index is 12.0. The predicted molar refractivity (Wildman–Crippen MR) is 86.0 cm³/mol. The van der Waals surface area contributed by atoms with Gasteiger partial charge in [0, 0.05) is 39.9 Å². The van der Waals surface area contributed by atoms with Crippen molar-refractivity contribution < 1.29 is 13.2 Å². The highest BCUT2D eigenvalue weighted by Crippen LogP contribution is 2.19. The van der Waals surface area contributed by atoms with Crippen LogP contribution in [0.15, 0.2) is 12.4 Å². The molecule has 0 spiro atoms. The second kappa shape index (κ2) is 7.33. The number of aryl methyl sites for hydroxylation is 1. The Balaban J connectivity index is 1.81. The third kappa shape index (κ3) is 4.46. The van der Waals surface area contributed by atoms with Crippen LogP contribution >= 0.6 is 0 Å². The summed E-state index contributed by atoms with van der Waals surface area (Å²) in [6.07, 6.45) is 4.47. The Labute approximate surface area is 137 Å². The van der Waals surface area contributed by atoms with Gasteiger partial charge in [-0.15, -0.1) is 0 Å². The molecule has 8 nitrogen and oxygen atoms in total. The van der Waals surface area contributed by atoms with Gasteiger partial charge in [-0.2, -0.15) is 17.0 Å². The smallest absolute Gasteiger partial charge is 0.281 e. The largest absolute Gasteiger partial charge is 0.350 e. The van der Waals surface area contributed by atoms with Crippen LogP contribution in [0.5, 0.6) is 0 Å². The number of carbonyl (C=O) groups is 1. The van der Waals surface area contributed by atoms with E-state index in [0.29, 0.717) is 25.3 Å². The van der Waals surface area contributed by atoms with Crippen molar-refractivity contribution in [3.8, 4) is 0 Å². The lowest BCUT2D eigenvalue weighted by Gasteiger charge is -2.32. The van der Waals surface area contributed by atoms with Gasteiger partial charge in [-0.25, -0.2) is 4.98 Å². The molecular formula is C14H23N5O3S. The van der Waals surface area contributed by atoms with Gasteiger partial charge in [0.15, 0.2) is 0 Å². The molecule has 1 saturated heterocycles. The van der Waals surface area contributed by atoms with Crippen molar-refractivity contribution in [3.05, 3.63) is 23.8 Å². The highest BCUT2D eigenvalue weighted by atomic mass is 32.2. The fourth-order valence-corrected chi connectivity index (χ4v) is 3.55.